The minimum absolute atomic E-state index is 0.00776. The molecule has 0 aromatic heterocycles. The molecule has 2 amide bonds. The summed E-state index contributed by atoms with van der Waals surface area (Å²) in [5.74, 6) is 0. The Morgan fingerprint density at radius 2 is 2.14 bits per heavy atom. The van der Waals surface area contributed by atoms with Crippen LogP contribution in [0.1, 0.15) is 12.0 Å². The molecule has 2 rings (SSSR count). The predicted molar refractivity (Wildman–Crippen MR) is 79.8 cm³/mol. The molecule has 6 nitrogen and oxygen atoms in total. The Hall–Kier alpha value is -2.10. The van der Waals surface area contributed by atoms with E-state index in [2.05, 4.69) is 5.32 Å². The smallest absolute Gasteiger partial charge is 0.322 e. The van der Waals surface area contributed by atoms with Crippen LogP contribution in [-0.4, -0.2) is 60.3 Å². The lowest BCUT2D eigenvalue weighted by Gasteiger charge is -2.27. The van der Waals surface area contributed by atoms with Gasteiger partial charge < -0.3 is 20.2 Å². The highest BCUT2D eigenvalue weighted by Gasteiger charge is 2.34. The van der Waals surface area contributed by atoms with Crippen molar-refractivity contribution >= 4 is 11.7 Å². The summed E-state index contributed by atoms with van der Waals surface area (Å²) in [5, 5.41) is 21.3. The second kappa shape index (κ2) is 6.57. The fraction of sp³-hybridized carbons (Fsp3) is 0.467. The van der Waals surface area contributed by atoms with E-state index in [0.717, 1.165) is 6.54 Å². The molecule has 1 aliphatic heterocycles. The normalized spacial score (nSPS) is 21.4. The third-order valence-electron chi connectivity index (χ3n) is 3.49. The lowest BCUT2D eigenvalue weighted by atomic mass is 10.2. The number of carbonyl (C=O) groups excluding carboxylic acids is 1. The summed E-state index contributed by atoms with van der Waals surface area (Å²) < 4.78 is 0. The van der Waals surface area contributed by atoms with Crippen molar-refractivity contribution in [2.75, 3.05) is 32.5 Å². The second-order valence-corrected chi connectivity index (χ2v) is 5.58. The van der Waals surface area contributed by atoms with Gasteiger partial charge in [0.2, 0.25) is 0 Å². The van der Waals surface area contributed by atoms with Crippen LogP contribution in [0.5, 0.6) is 0 Å². The van der Waals surface area contributed by atoms with E-state index >= 15 is 0 Å². The van der Waals surface area contributed by atoms with Crippen molar-refractivity contribution < 1.29 is 9.90 Å². The number of β-amino-alcohol motifs (C(OH)–C–C–N with tert-alkyl or cyclic N) is 1. The van der Waals surface area contributed by atoms with Crippen molar-refractivity contribution in [2.24, 2.45) is 0 Å². The number of anilines is 1. The summed E-state index contributed by atoms with van der Waals surface area (Å²) in [4.78, 5) is 16.0. The average molecular weight is 288 g/mol. The van der Waals surface area contributed by atoms with Crippen LogP contribution in [0.4, 0.5) is 10.5 Å². The molecular formula is C15H20N4O2. The van der Waals surface area contributed by atoms with E-state index < -0.39 is 6.10 Å². The number of likely N-dealkylation sites (N-methyl/N-ethyl adjacent to an activating group) is 1. The molecule has 0 saturated carbocycles. The fourth-order valence-corrected chi connectivity index (χ4v) is 2.56. The third-order valence-corrected chi connectivity index (χ3v) is 3.49. The highest BCUT2D eigenvalue weighted by molar-refractivity contribution is 5.89. The molecule has 21 heavy (non-hydrogen) atoms. The molecule has 1 aromatic rings. The number of nitrogens with zero attached hydrogens (tertiary/aromatic N) is 3. The molecule has 1 fully saturated rings. The Kier molecular flexibility index (Phi) is 4.78. The topological polar surface area (TPSA) is 79.6 Å². The van der Waals surface area contributed by atoms with Gasteiger partial charge in [-0.15, -0.1) is 0 Å². The molecule has 1 aliphatic rings. The quantitative estimate of drug-likeness (QED) is 0.872. The molecule has 0 radical (unpaired) electrons. The van der Waals surface area contributed by atoms with Crippen LogP contribution in [0.2, 0.25) is 0 Å². The molecule has 2 N–H and O–H groups in total. The number of amides is 2. The van der Waals surface area contributed by atoms with E-state index in [1.54, 1.807) is 29.2 Å². The van der Waals surface area contributed by atoms with Gasteiger partial charge in [0, 0.05) is 24.8 Å². The first-order chi connectivity index (χ1) is 9.99. The molecule has 6 heteroatoms. The van der Waals surface area contributed by atoms with Gasteiger partial charge in [-0.2, -0.15) is 5.26 Å². The Morgan fingerprint density at radius 3 is 2.71 bits per heavy atom. The van der Waals surface area contributed by atoms with Crippen molar-refractivity contribution in [3.63, 3.8) is 0 Å². The van der Waals surface area contributed by atoms with E-state index in [-0.39, 0.29) is 12.1 Å². The van der Waals surface area contributed by atoms with Crippen molar-refractivity contribution in [3.8, 4) is 6.07 Å². The van der Waals surface area contributed by atoms with Gasteiger partial charge in [0.25, 0.3) is 0 Å². The molecule has 1 saturated heterocycles. The Labute approximate surface area is 124 Å². The van der Waals surface area contributed by atoms with E-state index in [1.807, 2.05) is 25.1 Å². The van der Waals surface area contributed by atoms with Crippen LogP contribution in [0.15, 0.2) is 24.3 Å². The zero-order valence-corrected chi connectivity index (χ0v) is 12.3. The molecule has 2 unspecified atom stereocenters. The van der Waals surface area contributed by atoms with Gasteiger partial charge in [0.1, 0.15) is 0 Å². The number of carbonyl (C=O) groups is 1. The van der Waals surface area contributed by atoms with Gasteiger partial charge in [0.15, 0.2) is 0 Å². The third kappa shape index (κ3) is 3.94. The van der Waals surface area contributed by atoms with Crippen molar-refractivity contribution in [3.05, 3.63) is 29.8 Å². The van der Waals surface area contributed by atoms with E-state index in [1.165, 1.54) is 0 Å². The highest BCUT2D eigenvalue weighted by Crippen LogP contribution is 2.20. The minimum atomic E-state index is -0.471. The first-order valence-corrected chi connectivity index (χ1v) is 6.90. The Balaban J connectivity index is 2.02. The van der Waals surface area contributed by atoms with Crippen LogP contribution >= 0.6 is 0 Å². The standard InChI is InChI=1S/C15H20N4O2/c1-18(2)9-13-7-14(20)10-19(13)15(21)17-12-5-3-11(8-16)4-6-12/h3-6,13-14,20H,7,9-10H2,1-2H3,(H,17,21). The number of hydrogen-bond acceptors (Lipinski definition) is 4. The van der Waals surface area contributed by atoms with Gasteiger partial charge >= 0.3 is 6.03 Å². The molecule has 1 aromatic carbocycles. The minimum Gasteiger partial charge on any atom is -0.391 e. The number of likely N-dealkylation sites (tertiary alicyclic amines) is 1. The molecule has 0 bridgehead atoms. The van der Waals surface area contributed by atoms with Gasteiger partial charge in [-0.05, 0) is 44.8 Å². The molecule has 0 aliphatic carbocycles. The van der Waals surface area contributed by atoms with Gasteiger partial charge in [0.05, 0.1) is 17.7 Å². The number of urea groups is 1. The maximum atomic E-state index is 12.3. The fourth-order valence-electron chi connectivity index (χ4n) is 2.56. The number of rotatable bonds is 3. The number of aliphatic hydroxyl groups excluding tert-OH is 1. The summed E-state index contributed by atoms with van der Waals surface area (Å²) in [7, 11) is 3.89. The first kappa shape index (κ1) is 15.3. The van der Waals surface area contributed by atoms with Crippen LogP contribution in [-0.2, 0) is 0 Å². The molecule has 2 atom stereocenters. The van der Waals surface area contributed by atoms with E-state index in [9.17, 15) is 9.90 Å². The van der Waals surface area contributed by atoms with Crippen LogP contribution in [0.25, 0.3) is 0 Å². The Bertz CT molecular complexity index is 536. The lowest BCUT2D eigenvalue weighted by molar-refractivity contribution is 0.174. The Morgan fingerprint density at radius 1 is 1.48 bits per heavy atom. The predicted octanol–water partition coefficient (Wildman–Crippen LogP) is 1.09. The number of aliphatic hydroxyl groups is 1. The number of hydrogen-bond donors (Lipinski definition) is 2. The monoisotopic (exact) mass is 288 g/mol. The SMILES string of the molecule is CN(C)CC1CC(O)CN1C(=O)Nc1ccc(C#N)cc1. The summed E-state index contributed by atoms with van der Waals surface area (Å²) >= 11 is 0. The maximum absolute atomic E-state index is 12.3. The summed E-state index contributed by atoms with van der Waals surface area (Å²) in [6, 6.07) is 8.54. The molecule has 1 heterocycles. The largest absolute Gasteiger partial charge is 0.391 e. The molecule has 112 valence electrons. The van der Waals surface area contributed by atoms with E-state index in [4.69, 9.17) is 5.26 Å². The van der Waals surface area contributed by atoms with Crippen molar-refractivity contribution in [1.29, 1.82) is 5.26 Å². The molecule has 0 spiro atoms. The summed E-state index contributed by atoms with van der Waals surface area (Å²) in [6.45, 7) is 1.07. The number of nitriles is 1. The van der Waals surface area contributed by atoms with Crippen LogP contribution in [0.3, 0.4) is 0 Å². The second-order valence-electron chi connectivity index (χ2n) is 5.58. The van der Waals surface area contributed by atoms with Gasteiger partial charge in [-0.25, -0.2) is 4.79 Å². The first-order valence-electron chi connectivity index (χ1n) is 6.90. The zero-order chi connectivity index (χ0) is 15.4. The average Bonchev–Trinajstić information content (AvgIpc) is 2.79. The molecular weight excluding hydrogens is 268 g/mol. The van der Waals surface area contributed by atoms with Crippen LogP contribution in [0, 0.1) is 11.3 Å². The number of benzene rings is 1. The maximum Gasteiger partial charge on any atom is 0.322 e. The van der Waals surface area contributed by atoms with Gasteiger partial charge in [-0.1, -0.05) is 0 Å². The van der Waals surface area contributed by atoms with Gasteiger partial charge in [-0.3, -0.25) is 0 Å². The summed E-state index contributed by atoms with van der Waals surface area (Å²) in [6.07, 6.45) is 0.126. The highest BCUT2D eigenvalue weighted by atomic mass is 16.3. The van der Waals surface area contributed by atoms with Crippen molar-refractivity contribution in [1.82, 2.24) is 9.80 Å². The van der Waals surface area contributed by atoms with E-state index in [0.29, 0.717) is 24.2 Å². The van der Waals surface area contributed by atoms with Crippen LogP contribution < -0.4 is 5.32 Å². The number of nitrogens with one attached hydrogen (secondary N) is 1. The lowest BCUT2D eigenvalue weighted by Crippen LogP contribution is -2.43. The van der Waals surface area contributed by atoms with Crippen molar-refractivity contribution in [2.45, 2.75) is 18.6 Å². The zero-order valence-electron chi connectivity index (χ0n) is 12.3. The summed E-state index contributed by atoms with van der Waals surface area (Å²) in [5.41, 5.74) is 1.19.